The number of nitriles is 1. The standard InChI is InChI=1S/C12H12N2OS/c1-14(2)8-9(7-13)12(15)10-5-3-4-6-11(10)16/h3-5,8H,6H2,1-2H3. The maximum Gasteiger partial charge on any atom is 0.206 e. The van der Waals surface area contributed by atoms with Gasteiger partial charge in [-0.2, -0.15) is 5.26 Å². The Morgan fingerprint density at radius 3 is 2.81 bits per heavy atom. The summed E-state index contributed by atoms with van der Waals surface area (Å²) in [5.74, 6) is -0.300. The zero-order valence-corrected chi connectivity index (χ0v) is 10.0. The Morgan fingerprint density at radius 2 is 2.31 bits per heavy atom. The van der Waals surface area contributed by atoms with Crippen molar-refractivity contribution in [2.45, 2.75) is 6.42 Å². The molecule has 0 amide bonds. The van der Waals surface area contributed by atoms with Gasteiger partial charge in [0.15, 0.2) is 0 Å². The molecule has 0 aromatic heterocycles. The number of rotatable bonds is 3. The summed E-state index contributed by atoms with van der Waals surface area (Å²) in [6.45, 7) is 0. The molecule has 0 aromatic rings. The van der Waals surface area contributed by atoms with E-state index in [0.29, 0.717) is 16.9 Å². The zero-order valence-electron chi connectivity index (χ0n) is 9.23. The molecule has 0 atom stereocenters. The molecule has 0 saturated carbocycles. The summed E-state index contributed by atoms with van der Waals surface area (Å²) in [5.41, 5.74) is 0.557. The average Bonchev–Trinajstić information content (AvgIpc) is 2.25. The van der Waals surface area contributed by atoms with Gasteiger partial charge in [-0.25, -0.2) is 0 Å². The summed E-state index contributed by atoms with van der Waals surface area (Å²) in [5, 5.41) is 8.91. The second kappa shape index (κ2) is 5.38. The maximum atomic E-state index is 12.0. The summed E-state index contributed by atoms with van der Waals surface area (Å²) in [6, 6.07) is 1.90. The van der Waals surface area contributed by atoms with Crippen molar-refractivity contribution < 1.29 is 4.79 Å². The van der Waals surface area contributed by atoms with Crippen molar-refractivity contribution in [1.29, 1.82) is 5.26 Å². The second-order valence-corrected chi connectivity index (χ2v) is 4.08. The molecule has 82 valence electrons. The molecule has 0 unspecified atom stereocenters. The number of Topliss-reactive ketones (excluding diaryl/α,β-unsaturated/α-hetero) is 1. The average molecular weight is 232 g/mol. The highest BCUT2D eigenvalue weighted by Gasteiger charge is 2.19. The Labute approximate surface area is 100 Å². The van der Waals surface area contributed by atoms with Gasteiger partial charge in [-0.1, -0.05) is 30.4 Å². The summed E-state index contributed by atoms with van der Waals surface area (Å²) < 4.78 is 0. The fraction of sp³-hybridized carbons (Fsp3) is 0.250. The number of thiocarbonyl (C=S) groups is 1. The summed E-state index contributed by atoms with van der Waals surface area (Å²) in [7, 11) is 3.52. The molecule has 1 aliphatic rings. The van der Waals surface area contributed by atoms with Crippen molar-refractivity contribution in [1.82, 2.24) is 4.90 Å². The fourth-order valence-electron chi connectivity index (χ4n) is 1.29. The number of hydrogen-bond acceptors (Lipinski definition) is 4. The van der Waals surface area contributed by atoms with Gasteiger partial charge in [0.1, 0.15) is 11.6 Å². The molecule has 4 heteroatoms. The van der Waals surface area contributed by atoms with Gasteiger partial charge < -0.3 is 4.90 Å². The monoisotopic (exact) mass is 232 g/mol. The Bertz CT molecular complexity index is 450. The minimum absolute atomic E-state index is 0.105. The molecule has 0 saturated heterocycles. The lowest BCUT2D eigenvalue weighted by atomic mass is 9.97. The second-order valence-electron chi connectivity index (χ2n) is 3.58. The van der Waals surface area contributed by atoms with Crippen molar-refractivity contribution in [3.05, 3.63) is 35.6 Å². The first kappa shape index (κ1) is 12.3. The minimum Gasteiger partial charge on any atom is -0.382 e. The van der Waals surface area contributed by atoms with Crippen molar-refractivity contribution in [2.24, 2.45) is 0 Å². The molecule has 16 heavy (non-hydrogen) atoms. The lowest BCUT2D eigenvalue weighted by molar-refractivity contribution is -0.111. The normalized spacial score (nSPS) is 15.4. The summed E-state index contributed by atoms with van der Waals surface area (Å²) >= 11 is 5.09. The minimum atomic E-state index is -0.300. The van der Waals surface area contributed by atoms with E-state index in [9.17, 15) is 4.79 Å². The molecule has 1 rings (SSSR count). The number of allylic oxidation sites excluding steroid dienone is 5. The molecule has 0 bridgehead atoms. The van der Waals surface area contributed by atoms with Gasteiger partial charge in [0, 0.05) is 37.2 Å². The number of carbonyl (C=O) groups is 1. The third kappa shape index (κ3) is 2.88. The van der Waals surface area contributed by atoms with E-state index in [1.54, 1.807) is 31.1 Å². The third-order valence-corrected chi connectivity index (χ3v) is 2.39. The van der Waals surface area contributed by atoms with E-state index in [-0.39, 0.29) is 11.4 Å². The van der Waals surface area contributed by atoms with E-state index in [0.717, 1.165) is 0 Å². The molecule has 0 fully saturated rings. The number of hydrogen-bond donors (Lipinski definition) is 0. The Kier molecular flexibility index (Phi) is 4.15. The first-order chi connectivity index (χ1) is 7.56. The van der Waals surface area contributed by atoms with E-state index in [4.69, 9.17) is 17.5 Å². The summed E-state index contributed by atoms with van der Waals surface area (Å²) in [6.07, 6.45) is 7.43. The van der Waals surface area contributed by atoms with Gasteiger partial charge >= 0.3 is 0 Å². The molecule has 0 N–H and O–H groups in total. The van der Waals surface area contributed by atoms with Crippen LogP contribution in [-0.2, 0) is 4.79 Å². The Morgan fingerprint density at radius 1 is 1.62 bits per heavy atom. The highest BCUT2D eigenvalue weighted by Crippen LogP contribution is 2.15. The van der Waals surface area contributed by atoms with Gasteiger partial charge in [-0.05, 0) is 0 Å². The summed E-state index contributed by atoms with van der Waals surface area (Å²) in [4.78, 5) is 14.2. The van der Waals surface area contributed by atoms with Gasteiger partial charge in [-0.3, -0.25) is 4.79 Å². The van der Waals surface area contributed by atoms with Crippen LogP contribution in [0.3, 0.4) is 0 Å². The highest BCUT2D eigenvalue weighted by atomic mass is 32.1. The lowest BCUT2D eigenvalue weighted by Gasteiger charge is -2.10. The topological polar surface area (TPSA) is 44.1 Å². The smallest absolute Gasteiger partial charge is 0.206 e. The van der Waals surface area contributed by atoms with Crippen LogP contribution in [0.4, 0.5) is 0 Å². The van der Waals surface area contributed by atoms with Crippen LogP contribution < -0.4 is 0 Å². The molecule has 1 aliphatic carbocycles. The Hall–Kier alpha value is -1.73. The van der Waals surface area contributed by atoms with E-state index in [1.807, 2.05) is 12.1 Å². The first-order valence-electron chi connectivity index (χ1n) is 4.79. The predicted molar refractivity (Wildman–Crippen MR) is 66.8 cm³/mol. The quantitative estimate of drug-likeness (QED) is 0.422. The van der Waals surface area contributed by atoms with Crippen LogP contribution >= 0.6 is 12.2 Å². The van der Waals surface area contributed by atoms with Crippen molar-refractivity contribution in [2.75, 3.05) is 14.1 Å². The maximum absolute atomic E-state index is 12.0. The lowest BCUT2D eigenvalue weighted by Crippen LogP contribution is -2.16. The van der Waals surface area contributed by atoms with E-state index in [1.165, 1.54) is 6.20 Å². The van der Waals surface area contributed by atoms with Gasteiger partial charge in [-0.15, -0.1) is 0 Å². The molecule has 0 aromatic carbocycles. The van der Waals surface area contributed by atoms with Crippen molar-refractivity contribution >= 4 is 22.9 Å². The number of carbonyl (C=O) groups excluding carboxylic acids is 1. The van der Waals surface area contributed by atoms with Crippen LogP contribution in [0.2, 0.25) is 0 Å². The fourth-order valence-corrected chi connectivity index (χ4v) is 1.54. The predicted octanol–water partition coefficient (Wildman–Crippen LogP) is 1.78. The Balaban J connectivity index is 3.02. The van der Waals surface area contributed by atoms with Crippen LogP contribution in [0.1, 0.15) is 6.42 Å². The van der Waals surface area contributed by atoms with Crippen LogP contribution in [0.15, 0.2) is 35.6 Å². The van der Waals surface area contributed by atoms with Crippen LogP contribution in [0, 0.1) is 11.3 Å². The molecule has 3 nitrogen and oxygen atoms in total. The highest BCUT2D eigenvalue weighted by molar-refractivity contribution is 7.81. The molecule has 0 radical (unpaired) electrons. The molecule has 0 aliphatic heterocycles. The van der Waals surface area contributed by atoms with Crippen LogP contribution in [0.5, 0.6) is 0 Å². The van der Waals surface area contributed by atoms with E-state index in [2.05, 4.69) is 0 Å². The number of nitrogens with zero attached hydrogens (tertiary/aromatic N) is 2. The van der Waals surface area contributed by atoms with Crippen LogP contribution in [-0.4, -0.2) is 29.6 Å². The third-order valence-electron chi connectivity index (χ3n) is 2.00. The SMILES string of the molecule is CN(C)C=C(C#N)C(=O)C1=CC=CCC1=S. The van der Waals surface area contributed by atoms with Gasteiger partial charge in [0.2, 0.25) is 5.78 Å². The molecular formula is C12H12N2OS. The molecule has 0 spiro atoms. The molecular weight excluding hydrogens is 220 g/mol. The van der Waals surface area contributed by atoms with E-state index >= 15 is 0 Å². The number of ketones is 1. The van der Waals surface area contributed by atoms with Gasteiger partial charge in [0.05, 0.1) is 0 Å². The van der Waals surface area contributed by atoms with Crippen molar-refractivity contribution in [3.8, 4) is 6.07 Å². The van der Waals surface area contributed by atoms with Crippen molar-refractivity contribution in [3.63, 3.8) is 0 Å². The van der Waals surface area contributed by atoms with Crippen LogP contribution in [0.25, 0.3) is 0 Å². The molecule has 0 heterocycles. The van der Waals surface area contributed by atoms with Gasteiger partial charge in [0.25, 0.3) is 0 Å². The zero-order chi connectivity index (χ0) is 12.1. The largest absolute Gasteiger partial charge is 0.382 e. The first-order valence-corrected chi connectivity index (χ1v) is 5.20. The van der Waals surface area contributed by atoms with E-state index < -0.39 is 0 Å².